The highest BCUT2D eigenvalue weighted by molar-refractivity contribution is 6.33. The van der Waals surface area contributed by atoms with Crippen molar-refractivity contribution in [1.29, 1.82) is 0 Å². The topological polar surface area (TPSA) is 186 Å². The van der Waals surface area contributed by atoms with Gasteiger partial charge in [0.15, 0.2) is 0 Å². The van der Waals surface area contributed by atoms with Gasteiger partial charge in [-0.1, -0.05) is 50.9 Å². The van der Waals surface area contributed by atoms with E-state index >= 15 is 0 Å². The van der Waals surface area contributed by atoms with Gasteiger partial charge >= 0.3 is 6.18 Å². The van der Waals surface area contributed by atoms with Gasteiger partial charge < -0.3 is 36.4 Å². The molecule has 2 saturated heterocycles. The molecule has 1 aliphatic carbocycles. The van der Waals surface area contributed by atoms with Gasteiger partial charge in [-0.15, -0.1) is 0 Å². The lowest BCUT2D eigenvalue weighted by molar-refractivity contribution is -0.199. The minimum atomic E-state index is -4.88. The third-order valence-electron chi connectivity index (χ3n) is 11.6. The molecule has 2 aliphatic heterocycles. The van der Waals surface area contributed by atoms with Crippen molar-refractivity contribution in [2.75, 3.05) is 20.1 Å². The molecule has 3 aliphatic rings. The number of halogens is 6. The summed E-state index contributed by atoms with van der Waals surface area (Å²) in [4.78, 5) is 98.3. The van der Waals surface area contributed by atoms with Crippen molar-refractivity contribution < 1.29 is 51.1 Å². The summed E-state index contributed by atoms with van der Waals surface area (Å²) in [5.74, 6) is -5.91. The van der Waals surface area contributed by atoms with Gasteiger partial charge in [-0.05, 0) is 93.9 Å². The Bertz CT molecular complexity index is 1830. The van der Waals surface area contributed by atoms with E-state index in [2.05, 4.69) is 26.6 Å². The normalized spacial score (nSPS) is 25.8. The highest BCUT2D eigenvalue weighted by Gasteiger charge is 2.70. The number of amides is 7. The van der Waals surface area contributed by atoms with E-state index in [-0.39, 0.29) is 55.5 Å². The first kappa shape index (κ1) is 50.5. The summed E-state index contributed by atoms with van der Waals surface area (Å²) in [5.41, 5.74) is -2.23. The fourth-order valence-corrected chi connectivity index (χ4v) is 8.13. The van der Waals surface area contributed by atoms with Crippen molar-refractivity contribution in [1.82, 2.24) is 36.4 Å². The number of hydrogen-bond acceptors (Lipinski definition) is 7. The van der Waals surface area contributed by atoms with Crippen LogP contribution in [0.1, 0.15) is 98.0 Å². The Labute approximate surface area is 369 Å². The Morgan fingerprint density at radius 2 is 1.63 bits per heavy atom. The van der Waals surface area contributed by atoms with E-state index in [1.165, 1.54) is 18.9 Å². The number of rotatable bonds is 12. The summed E-state index contributed by atoms with van der Waals surface area (Å²) < 4.78 is 56.4. The number of nitrogens with zero attached hydrogens (tertiary/aromatic N) is 2. The third kappa shape index (κ3) is 12.9. The molecule has 0 unspecified atom stereocenters. The zero-order chi connectivity index (χ0) is 46.3. The van der Waals surface area contributed by atoms with Gasteiger partial charge in [-0.25, -0.2) is 4.39 Å². The molecule has 1 aromatic carbocycles. The predicted molar refractivity (Wildman–Crippen MR) is 223 cm³/mol. The van der Waals surface area contributed by atoms with E-state index in [1.54, 1.807) is 18.2 Å². The quantitative estimate of drug-likeness (QED) is 0.193. The number of benzene rings is 1. The maximum absolute atomic E-state index is 14.7. The molecule has 0 bridgehead atoms. The minimum absolute atomic E-state index is 0.0207. The number of likely N-dealkylation sites (tertiary alicyclic amines) is 1. The molecule has 1 aromatic rings. The SMILES string of the molecule is CC(C)CC[C@H](NC(=O)[C@@H]1C[C@@H](F)CN1C(=O)C1(C(F)(F)F)CC1)C(=O)N[C@H]1CCCCNC(=O)[C@@H](C)NC(=O)[C@H](Cc2cc(Cl)ccc2Cl)N(C)C(=O)[C@H](CC(C)C)NC1=O. The highest BCUT2D eigenvalue weighted by Crippen LogP contribution is 2.59. The molecule has 346 valence electrons. The van der Waals surface area contributed by atoms with Crippen LogP contribution in [0.5, 0.6) is 0 Å². The number of nitrogens with one attached hydrogen (secondary N) is 5. The summed E-state index contributed by atoms with van der Waals surface area (Å²) >= 11 is 12.7. The van der Waals surface area contributed by atoms with E-state index in [9.17, 15) is 51.1 Å². The fourth-order valence-electron chi connectivity index (χ4n) is 7.75. The van der Waals surface area contributed by atoms with Crippen molar-refractivity contribution in [3.8, 4) is 0 Å². The van der Waals surface area contributed by atoms with Crippen molar-refractivity contribution >= 4 is 64.6 Å². The van der Waals surface area contributed by atoms with Crippen molar-refractivity contribution in [2.24, 2.45) is 17.3 Å². The molecule has 2 heterocycles. The van der Waals surface area contributed by atoms with Crippen LogP contribution in [0.3, 0.4) is 0 Å². The molecule has 7 amide bonds. The summed E-state index contributed by atoms with van der Waals surface area (Å²) in [7, 11) is 1.39. The van der Waals surface area contributed by atoms with Crippen LogP contribution in [0.25, 0.3) is 0 Å². The lowest BCUT2D eigenvalue weighted by Gasteiger charge is -2.33. The average Bonchev–Trinajstić information content (AvgIpc) is 3.93. The van der Waals surface area contributed by atoms with Gasteiger partial charge in [0.25, 0.3) is 0 Å². The van der Waals surface area contributed by atoms with Gasteiger partial charge in [0.1, 0.15) is 47.8 Å². The summed E-state index contributed by atoms with van der Waals surface area (Å²) in [6.07, 6.45) is -7.09. The second kappa shape index (κ2) is 21.5. The molecule has 7 atom stereocenters. The molecule has 0 radical (unpaired) electrons. The molecular formula is C42H59Cl2F4N7O7. The molecule has 3 fully saturated rings. The second-order valence-corrected chi connectivity index (χ2v) is 18.4. The molecule has 0 spiro atoms. The van der Waals surface area contributed by atoms with E-state index in [0.717, 1.165) is 0 Å². The number of likely N-dealkylation sites (N-methyl/N-ethyl adjacent to an activating group) is 1. The van der Waals surface area contributed by atoms with Crippen LogP contribution >= 0.6 is 23.2 Å². The molecule has 4 rings (SSSR count). The Hall–Kier alpha value is -4.19. The second-order valence-electron chi connectivity index (χ2n) is 17.6. The van der Waals surface area contributed by atoms with Crippen LogP contribution in [0, 0.1) is 17.3 Å². The lowest BCUT2D eigenvalue weighted by atomic mass is 9.98. The molecule has 20 heteroatoms. The molecule has 1 saturated carbocycles. The van der Waals surface area contributed by atoms with Crippen molar-refractivity contribution in [3.05, 3.63) is 33.8 Å². The first-order chi connectivity index (χ1) is 28.9. The van der Waals surface area contributed by atoms with Crippen LogP contribution in [0.4, 0.5) is 17.6 Å². The highest BCUT2D eigenvalue weighted by atomic mass is 35.5. The summed E-state index contributed by atoms with van der Waals surface area (Å²) in [6.45, 7) is 8.32. The molecule has 14 nitrogen and oxygen atoms in total. The predicted octanol–water partition coefficient (Wildman–Crippen LogP) is 4.39. The molecule has 62 heavy (non-hydrogen) atoms. The Balaban J connectivity index is 1.62. The number of carbonyl (C=O) groups excluding carboxylic acids is 7. The maximum Gasteiger partial charge on any atom is 0.403 e. The maximum atomic E-state index is 14.7. The van der Waals surface area contributed by atoms with Gasteiger partial charge in [-0.2, -0.15) is 13.2 Å². The number of carbonyl (C=O) groups is 7. The van der Waals surface area contributed by atoms with Crippen LogP contribution in [-0.2, 0) is 40.0 Å². The molecule has 0 aromatic heterocycles. The van der Waals surface area contributed by atoms with Crippen molar-refractivity contribution in [2.45, 2.75) is 147 Å². The Kier molecular flexibility index (Phi) is 17.5. The molecular weight excluding hydrogens is 861 g/mol. The zero-order valence-electron chi connectivity index (χ0n) is 35.9. The van der Waals surface area contributed by atoms with Gasteiger partial charge in [-0.3, -0.25) is 33.6 Å². The van der Waals surface area contributed by atoms with E-state index in [1.807, 2.05) is 27.7 Å². The van der Waals surface area contributed by atoms with E-state index in [4.69, 9.17) is 23.2 Å². The Morgan fingerprint density at radius 3 is 2.24 bits per heavy atom. The standard InChI is InChI=1S/C42H59Cl2F4N7O7/c1-22(2)10-13-30(52-38(60)33-20-27(45)21-55(33)40(62)41(14-15-41)42(46,47)48)36(58)51-29-9-7-8-16-49-34(56)24(5)50-37(59)32(19-25-18-26(43)11-12-28(25)44)54(6)39(61)31(17-23(3)4)53-35(29)57/h11-12,18,22-24,27,29-33H,7-10,13-17,19-21H2,1-6H3,(H,49,56)(H,50,59)(H,51,58)(H,52,60)(H,53,57)/t24-,27-,29+,30+,31+,32+,33+/m1/s1. The largest absolute Gasteiger partial charge is 0.403 e. The first-order valence-electron chi connectivity index (χ1n) is 21.2. The number of hydrogen-bond donors (Lipinski definition) is 5. The minimum Gasteiger partial charge on any atom is -0.354 e. The van der Waals surface area contributed by atoms with Gasteiger partial charge in [0.2, 0.25) is 41.4 Å². The van der Waals surface area contributed by atoms with Gasteiger partial charge in [0, 0.05) is 36.5 Å². The van der Waals surface area contributed by atoms with Gasteiger partial charge in [0.05, 0.1) is 6.54 Å². The smallest absolute Gasteiger partial charge is 0.354 e. The summed E-state index contributed by atoms with van der Waals surface area (Å²) in [6, 6.07) is -3.00. The number of alkyl halides is 4. The summed E-state index contributed by atoms with van der Waals surface area (Å²) in [5, 5.41) is 14.0. The monoisotopic (exact) mass is 919 g/mol. The van der Waals surface area contributed by atoms with Crippen LogP contribution in [-0.4, -0.2) is 120 Å². The lowest BCUT2D eigenvalue weighted by Crippen LogP contribution is -2.60. The van der Waals surface area contributed by atoms with Crippen molar-refractivity contribution in [3.63, 3.8) is 0 Å². The van der Waals surface area contributed by atoms with Crippen LogP contribution < -0.4 is 26.6 Å². The van der Waals surface area contributed by atoms with Crippen LogP contribution in [0.2, 0.25) is 10.0 Å². The molecule has 5 N–H and O–H groups in total. The average molecular weight is 921 g/mol. The fraction of sp³-hybridized carbons (Fsp3) is 0.690. The third-order valence-corrected chi connectivity index (χ3v) is 12.2. The van der Waals surface area contributed by atoms with E-state index < -0.39 is 121 Å². The first-order valence-corrected chi connectivity index (χ1v) is 21.9. The zero-order valence-corrected chi connectivity index (χ0v) is 37.4. The van der Waals surface area contributed by atoms with E-state index in [0.29, 0.717) is 28.3 Å². The Morgan fingerprint density at radius 1 is 0.952 bits per heavy atom. The van der Waals surface area contributed by atoms with Crippen LogP contribution in [0.15, 0.2) is 18.2 Å².